The molecule has 1 atom stereocenters. The average Bonchev–Trinajstić information content (AvgIpc) is 2.79. The summed E-state index contributed by atoms with van der Waals surface area (Å²) in [6.45, 7) is 0.911. The van der Waals surface area contributed by atoms with E-state index in [1.165, 1.54) is 4.90 Å². The van der Waals surface area contributed by atoms with Gasteiger partial charge in [-0.1, -0.05) is 53.5 Å². The van der Waals surface area contributed by atoms with Crippen molar-refractivity contribution in [3.8, 4) is 5.75 Å². The van der Waals surface area contributed by atoms with Gasteiger partial charge in [0, 0.05) is 31.4 Å². The van der Waals surface area contributed by atoms with Crippen molar-refractivity contribution < 1.29 is 9.53 Å². The minimum Gasteiger partial charge on any atom is -0.486 e. The third-order valence-electron chi connectivity index (χ3n) is 4.99. The molecule has 3 aromatic carbocycles. The summed E-state index contributed by atoms with van der Waals surface area (Å²) >= 11 is 12.0. The number of hydrogen-bond donors (Lipinski definition) is 1. The van der Waals surface area contributed by atoms with E-state index in [0.29, 0.717) is 21.4 Å². The van der Waals surface area contributed by atoms with Crippen molar-refractivity contribution in [1.82, 2.24) is 4.90 Å². The summed E-state index contributed by atoms with van der Waals surface area (Å²) in [6, 6.07) is 22.3. The first-order chi connectivity index (χ1) is 15.3. The van der Waals surface area contributed by atoms with Crippen molar-refractivity contribution in [3.05, 3.63) is 88.4 Å². The SMILES string of the molecule is CN(C)CCC(Oc1ccc(NC(=O)N(C)c2ccc(Cl)c(Cl)c2)cc1)c1ccccc1. The summed E-state index contributed by atoms with van der Waals surface area (Å²) in [4.78, 5) is 16.2. The van der Waals surface area contributed by atoms with Crippen molar-refractivity contribution >= 4 is 40.6 Å². The molecule has 0 saturated heterocycles. The van der Waals surface area contributed by atoms with Crippen molar-refractivity contribution in [3.63, 3.8) is 0 Å². The van der Waals surface area contributed by atoms with E-state index >= 15 is 0 Å². The van der Waals surface area contributed by atoms with Gasteiger partial charge in [0.15, 0.2) is 0 Å². The molecule has 0 bridgehead atoms. The predicted molar refractivity (Wildman–Crippen MR) is 133 cm³/mol. The van der Waals surface area contributed by atoms with Crippen LogP contribution in [-0.4, -0.2) is 38.6 Å². The van der Waals surface area contributed by atoms with Crippen LogP contribution in [-0.2, 0) is 0 Å². The molecule has 0 aliphatic heterocycles. The van der Waals surface area contributed by atoms with Gasteiger partial charge in [-0.05, 0) is 62.1 Å². The van der Waals surface area contributed by atoms with Gasteiger partial charge in [0.25, 0.3) is 0 Å². The number of amides is 2. The van der Waals surface area contributed by atoms with Gasteiger partial charge in [-0.15, -0.1) is 0 Å². The summed E-state index contributed by atoms with van der Waals surface area (Å²) in [6.07, 6.45) is 0.809. The van der Waals surface area contributed by atoms with Gasteiger partial charge >= 0.3 is 6.03 Å². The molecule has 32 heavy (non-hydrogen) atoms. The van der Waals surface area contributed by atoms with Crippen LogP contribution in [0.2, 0.25) is 10.0 Å². The van der Waals surface area contributed by atoms with Gasteiger partial charge in [0.1, 0.15) is 11.9 Å². The van der Waals surface area contributed by atoms with Crippen LogP contribution >= 0.6 is 23.2 Å². The van der Waals surface area contributed by atoms with E-state index in [1.54, 1.807) is 25.2 Å². The largest absolute Gasteiger partial charge is 0.486 e. The Morgan fingerprint density at radius 3 is 2.25 bits per heavy atom. The first-order valence-corrected chi connectivity index (χ1v) is 11.0. The number of urea groups is 1. The lowest BCUT2D eigenvalue weighted by Gasteiger charge is -2.22. The van der Waals surface area contributed by atoms with E-state index in [2.05, 4.69) is 36.4 Å². The van der Waals surface area contributed by atoms with Gasteiger partial charge in [0.2, 0.25) is 0 Å². The van der Waals surface area contributed by atoms with Crippen LogP contribution < -0.4 is 15.0 Å². The van der Waals surface area contributed by atoms with E-state index < -0.39 is 0 Å². The molecule has 0 fully saturated rings. The maximum Gasteiger partial charge on any atom is 0.326 e. The molecule has 0 saturated carbocycles. The first kappa shape index (κ1) is 23.9. The number of anilines is 2. The Bertz CT molecular complexity index is 1030. The highest BCUT2D eigenvalue weighted by Gasteiger charge is 2.15. The molecule has 0 aliphatic carbocycles. The Morgan fingerprint density at radius 1 is 0.938 bits per heavy atom. The monoisotopic (exact) mass is 471 g/mol. The summed E-state index contributed by atoms with van der Waals surface area (Å²) in [5.74, 6) is 0.744. The van der Waals surface area contributed by atoms with E-state index in [0.717, 1.165) is 24.3 Å². The molecule has 1 unspecified atom stereocenters. The summed E-state index contributed by atoms with van der Waals surface area (Å²) < 4.78 is 6.28. The third-order valence-corrected chi connectivity index (χ3v) is 5.73. The highest BCUT2D eigenvalue weighted by Crippen LogP contribution is 2.28. The molecule has 1 N–H and O–H groups in total. The fourth-order valence-electron chi connectivity index (χ4n) is 3.14. The average molecular weight is 472 g/mol. The van der Waals surface area contributed by atoms with Crippen LogP contribution in [0, 0.1) is 0 Å². The van der Waals surface area contributed by atoms with Crippen molar-refractivity contribution in [2.24, 2.45) is 0 Å². The molecule has 5 nitrogen and oxygen atoms in total. The Labute approximate surface area is 199 Å². The third kappa shape index (κ3) is 6.63. The van der Waals surface area contributed by atoms with Crippen molar-refractivity contribution in [1.29, 1.82) is 0 Å². The Hall–Kier alpha value is -2.73. The maximum atomic E-state index is 12.6. The topological polar surface area (TPSA) is 44.8 Å². The molecule has 7 heteroatoms. The highest BCUT2D eigenvalue weighted by molar-refractivity contribution is 6.42. The van der Waals surface area contributed by atoms with E-state index in [-0.39, 0.29) is 12.1 Å². The predicted octanol–water partition coefficient (Wildman–Crippen LogP) is 6.73. The fourth-order valence-corrected chi connectivity index (χ4v) is 3.43. The molecule has 0 aromatic heterocycles. The van der Waals surface area contributed by atoms with Crippen molar-refractivity contribution in [2.45, 2.75) is 12.5 Å². The second-order valence-electron chi connectivity index (χ2n) is 7.72. The summed E-state index contributed by atoms with van der Waals surface area (Å²) in [5.41, 5.74) is 2.44. The van der Waals surface area contributed by atoms with Crippen LogP contribution in [0.4, 0.5) is 16.2 Å². The van der Waals surface area contributed by atoms with Crippen LogP contribution in [0.5, 0.6) is 5.75 Å². The molecular formula is C25H27Cl2N3O2. The summed E-state index contributed by atoms with van der Waals surface area (Å²) in [7, 11) is 5.77. The van der Waals surface area contributed by atoms with E-state index in [4.69, 9.17) is 27.9 Å². The molecular weight excluding hydrogens is 445 g/mol. The minimum absolute atomic E-state index is 0.0557. The molecule has 0 spiro atoms. The number of nitrogens with zero attached hydrogens (tertiary/aromatic N) is 2. The molecule has 0 aliphatic rings. The number of nitrogens with one attached hydrogen (secondary N) is 1. The van der Waals surface area contributed by atoms with E-state index in [1.807, 2.05) is 42.5 Å². The Balaban J connectivity index is 1.65. The zero-order valence-corrected chi connectivity index (χ0v) is 19.9. The van der Waals surface area contributed by atoms with Gasteiger partial charge in [0.05, 0.1) is 10.0 Å². The molecule has 168 valence electrons. The van der Waals surface area contributed by atoms with Crippen LogP contribution in [0.15, 0.2) is 72.8 Å². The van der Waals surface area contributed by atoms with E-state index in [9.17, 15) is 4.79 Å². The second kappa shape index (κ2) is 11.2. The van der Waals surface area contributed by atoms with Gasteiger partial charge < -0.3 is 15.0 Å². The number of carbonyl (C=O) groups excluding carboxylic acids is 1. The first-order valence-electron chi connectivity index (χ1n) is 10.3. The molecule has 0 heterocycles. The standard InChI is InChI=1S/C25H27Cl2N3O2/c1-29(2)16-15-24(18-7-5-4-6-8-18)32-21-12-9-19(10-13-21)28-25(31)30(3)20-11-14-22(26)23(27)17-20/h4-14,17,24H,15-16H2,1-3H3,(H,28,31). The molecule has 3 rings (SSSR count). The number of rotatable bonds is 8. The Morgan fingerprint density at radius 2 is 1.62 bits per heavy atom. The minimum atomic E-state index is -0.287. The van der Waals surface area contributed by atoms with Gasteiger partial charge in [-0.25, -0.2) is 4.79 Å². The smallest absolute Gasteiger partial charge is 0.326 e. The lowest BCUT2D eigenvalue weighted by molar-refractivity contribution is 0.179. The zero-order chi connectivity index (χ0) is 23.1. The number of halogens is 2. The number of benzene rings is 3. The summed E-state index contributed by atoms with van der Waals surface area (Å²) in [5, 5.41) is 3.71. The Kier molecular flexibility index (Phi) is 8.39. The molecule has 2 amide bonds. The zero-order valence-electron chi connectivity index (χ0n) is 18.4. The normalized spacial score (nSPS) is 11.8. The van der Waals surface area contributed by atoms with Crippen LogP contribution in [0.25, 0.3) is 0 Å². The number of ether oxygens (including phenoxy) is 1. The fraction of sp³-hybridized carbons (Fsp3) is 0.240. The van der Waals surface area contributed by atoms with Crippen LogP contribution in [0.1, 0.15) is 18.1 Å². The quantitative estimate of drug-likeness (QED) is 0.395. The molecule has 3 aromatic rings. The lowest BCUT2D eigenvalue weighted by Crippen LogP contribution is -2.31. The molecule has 0 radical (unpaired) electrons. The van der Waals surface area contributed by atoms with Gasteiger partial charge in [-0.2, -0.15) is 0 Å². The van der Waals surface area contributed by atoms with Gasteiger partial charge in [-0.3, -0.25) is 4.90 Å². The number of hydrogen-bond acceptors (Lipinski definition) is 3. The lowest BCUT2D eigenvalue weighted by atomic mass is 10.1. The second-order valence-corrected chi connectivity index (χ2v) is 8.54. The van der Waals surface area contributed by atoms with Crippen molar-refractivity contribution in [2.75, 3.05) is 37.9 Å². The highest BCUT2D eigenvalue weighted by atomic mass is 35.5. The maximum absolute atomic E-state index is 12.6. The number of carbonyl (C=O) groups is 1. The van der Waals surface area contributed by atoms with Crippen LogP contribution in [0.3, 0.4) is 0 Å².